The first-order valence-electron chi connectivity index (χ1n) is 18.3. The maximum absolute atomic E-state index is 12.7. The van der Waals surface area contributed by atoms with E-state index >= 15 is 0 Å². The fraction of sp³-hybridized carbons (Fsp3) is 0.341. The Morgan fingerprint density at radius 1 is 0.870 bits per heavy atom. The quantitative estimate of drug-likeness (QED) is 0.0447. The van der Waals surface area contributed by atoms with Crippen LogP contribution in [0, 0.1) is 0 Å². The van der Waals surface area contributed by atoms with Gasteiger partial charge in [0.1, 0.15) is 0 Å². The zero-order chi connectivity index (χ0) is 37.7. The maximum atomic E-state index is 12.7. The highest BCUT2D eigenvalue weighted by atomic mass is 32.2. The van der Waals surface area contributed by atoms with E-state index in [9.17, 15) is 14.7 Å². The molecule has 3 unspecified atom stereocenters. The van der Waals surface area contributed by atoms with Crippen molar-refractivity contribution in [2.75, 3.05) is 16.8 Å². The number of para-hydroxylation sites is 2. The van der Waals surface area contributed by atoms with Crippen molar-refractivity contribution < 1.29 is 24.2 Å². The minimum Gasteiger partial charge on any atom is -0.397 e. The van der Waals surface area contributed by atoms with Gasteiger partial charge < -0.3 is 30.9 Å². The lowest BCUT2D eigenvalue weighted by Gasteiger charge is -2.36. The average molecular weight is 750 g/mol. The van der Waals surface area contributed by atoms with Gasteiger partial charge in [-0.2, -0.15) is 0 Å². The lowest BCUT2D eigenvalue weighted by Crippen LogP contribution is -2.31. The number of hydrogen-bond donors (Lipinski definition) is 4. The number of carbonyl (C=O) groups is 2. The number of tetrazole rings is 1. The third-order valence-corrected chi connectivity index (χ3v) is 10.5. The number of anilines is 2. The van der Waals surface area contributed by atoms with Gasteiger partial charge in [0, 0.05) is 44.2 Å². The van der Waals surface area contributed by atoms with Crippen LogP contribution in [0.3, 0.4) is 0 Å². The number of aliphatic hydroxyl groups is 1. The molecule has 1 saturated heterocycles. The van der Waals surface area contributed by atoms with Gasteiger partial charge in [0.15, 0.2) is 6.29 Å². The van der Waals surface area contributed by atoms with Crippen LogP contribution in [0.15, 0.2) is 102 Å². The van der Waals surface area contributed by atoms with Crippen molar-refractivity contribution in [3.63, 3.8) is 0 Å². The fourth-order valence-electron chi connectivity index (χ4n) is 6.34. The number of hydrogen-bond acceptors (Lipinski definition) is 10. The van der Waals surface area contributed by atoms with Crippen LogP contribution < -0.4 is 16.4 Å². The summed E-state index contributed by atoms with van der Waals surface area (Å²) in [6.45, 7) is 0.410. The van der Waals surface area contributed by atoms with Gasteiger partial charge >= 0.3 is 0 Å². The first-order chi connectivity index (χ1) is 26.4. The number of amides is 2. The number of carbonyl (C=O) groups excluding carboxylic acids is 2. The van der Waals surface area contributed by atoms with Gasteiger partial charge in [-0.1, -0.05) is 110 Å². The smallest absolute Gasteiger partial charge is 0.224 e. The first-order valence-corrected chi connectivity index (χ1v) is 19.3. The molecule has 2 amide bonds. The molecule has 4 aromatic carbocycles. The van der Waals surface area contributed by atoms with Crippen LogP contribution in [0.5, 0.6) is 0 Å². The van der Waals surface area contributed by atoms with Crippen LogP contribution in [0.4, 0.5) is 11.4 Å². The van der Waals surface area contributed by atoms with Crippen molar-refractivity contribution in [3.05, 3.63) is 119 Å². The molecule has 0 bridgehead atoms. The molecule has 54 heavy (non-hydrogen) atoms. The third-order valence-electron chi connectivity index (χ3n) is 9.37. The Balaban J connectivity index is 1.00. The normalized spacial score (nSPS) is 16.9. The number of thioether (sulfide) groups is 1. The van der Waals surface area contributed by atoms with Crippen molar-refractivity contribution in [1.82, 2.24) is 25.5 Å². The molecule has 0 saturated carbocycles. The number of aliphatic hydroxyl groups excluding tert-OH is 1. The molecule has 12 nitrogen and oxygen atoms in total. The first kappa shape index (κ1) is 38.6. The number of aryl methyl sites for hydroxylation is 1. The van der Waals surface area contributed by atoms with Crippen molar-refractivity contribution in [3.8, 4) is 11.1 Å². The maximum Gasteiger partial charge on any atom is 0.224 e. The molecular formula is C41H47N7O5S. The van der Waals surface area contributed by atoms with Crippen LogP contribution in [-0.4, -0.2) is 49.0 Å². The van der Waals surface area contributed by atoms with E-state index in [-0.39, 0.29) is 30.6 Å². The van der Waals surface area contributed by atoms with Crippen molar-refractivity contribution >= 4 is 35.0 Å². The van der Waals surface area contributed by atoms with Gasteiger partial charge in [-0.15, -0.1) is 5.10 Å². The second-order valence-electron chi connectivity index (χ2n) is 13.4. The Kier molecular flexibility index (Phi) is 13.8. The molecule has 1 fully saturated rings. The van der Waals surface area contributed by atoms with Gasteiger partial charge in [-0.3, -0.25) is 9.59 Å². The molecule has 0 radical (unpaired) electrons. The third kappa shape index (κ3) is 10.8. The Hall–Kier alpha value is -5.08. The molecule has 6 rings (SSSR count). The minimum absolute atomic E-state index is 0.00718. The van der Waals surface area contributed by atoms with Gasteiger partial charge in [-0.25, -0.2) is 4.68 Å². The summed E-state index contributed by atoms with van der Waals surface area (Å²) in [5, 5.41) is 28.0. The molecule has 2 heterocycles. The topological polar surface area (TPSA) is 167 Å². The van der Waals surface area contributed by atoms with E-state index in [2.05, 4.69) is 44.4 Å². The van der Waals surface area contributed by atoms with E-state index in [1.54, 1.807) is 28.6 Å². The second kappa shape index (κ2) is 19.3. The molecule has 5 aromatic rings. The number of unbranched alkanes of at least 4 members (excludes halogenated alkanes) is 3. The van der Waals surface area contributed by atoms with Gasteiger partial charge in [0.2, 0.25) is 17.0 Å². The SMILES string of the molecule is Cn1nnnc1SCC1CC(c2ccc(CO)cc2)OC(c2ccc(-c3ccccc3CNC(=O)CCCCCCC(=O)Nc3ccccc3N)cc2)O1. The van der Waals surface area contributed by atoms with E-state index in [1.165, 1.54) is 0 Å². The van der Waals surface area contributed by atoms with E-state index in [0.29, 0.717) is 48.1 Å². The summed E-state index contributed by atoms with van der Waals surface area (Å²) in [4.78, 5) is 25.0. The zero-order valence-electron chi connectivity index (χ0n) is 30.4. The van der Waals surface area contributed by atoms with E-state index in [4.69, 9.17) is 15.2 Å². The lowest BCUT2D eigenvalue weighted by molar-refractivity contribution is -0.245. The summed E-state index contributed by atoms with van der Waals surface area (Å²) in [6, 6.07) is 31.3. The summed E-state index contributed by atoms with van der Waals surface area (Å²) in [6.07, 6.45) is 3.88. The Morgan fingerprint density at radius 3 is 2.30 bits per heavy atom. The van der Waals surface area contributed by atoms with Crippen LogP contribution in [0.1, 0.15) is 79.6 Å². The summed E-state index contributed by atoms with van der Waals surface area (Å²) in [7, 11) is 1.81. The van der Waals surface area contributed by atoms with Gasteiger partial charge in [0.25, 0.3) is 0 Å². The predicted octanol–water partition coefficient (Wildman–Crippen LogP) is 6.88. The number of rotatable bonds is 17. The van der Waals surface area contributed by atoms with Crippen LogP contribution >= 0.6 is 11.8 Å². The number of nitrogens with one attached hydrogen (secondary N) is 2. The second-order valence-corrected chi connectivity index (χ2v) is 14.3. The van der Waals surface area contributed by atoms with Gasteiger partial charge in [-0.05, 0) is 63.2 Å². The number of ether oxygens (including phenoxy) is 2. The molecule has 13 heteroatoms. The van der Waals surface area contributed by atoms with E-state index in [0.717, 1.165) is 59.1 Å². The molecule has 1 aliphatic heterocycles. The zero-order valence-corrected chi connectivity index (χ0v) is 31.2. The minimum atomic E-state index is -0.584. The summed E-state index contributed by atoms with van der Waals surface area (Å²) < 4.78 is 14.7. The highest BCUT2D eigenvalue weighted by Crippen LogP contribution is 2.40. The molecule has 282 valence electrons. The molecule has 0 aliphatic carbocycles. The monoisotopic (exact) mass is 749 g/mol. The van der Waals surface area contributed by atoms with Crippen molar-refractivity contribution in [2.45, 2.75) is 81.8 Å². The molecule has 0 spiro atoms. The summed E-state index contributed by atoms with van der Waals surface area (Å²) >= 11 is 1.54. The lowest BCUT2D eigenvalue weighted by atomic mass is 9.97. The van der Waals surface area contributed by atoms with Crippen LogP contribution in [0.25, 0.3) is 11.1 Å². The number of nitrogen functional groups attached to an aromatic ring is 1. The molecule has 1 aliphatic rings. The average Bonchev–Trinajstić information content (AvgIpc) is 3.62. The molecule has 3 atom stereocenters. The largest absolute Gasteiger partial charge is 0.397 e. The summed E-state index contributed by atoms with van der Waals surface area (Å²) in [5.41, 5.74) is 13.0. The van der Waals surface area contributed by atoms with Gasteiger partial charge in [0.05, 0.1) is 30.2 Å². The van der Waals surface area contributed by atoms with E-state index in [1.807, 2.05) is 73.8 Å². The predicted molar refractivity (Wildman–Crippen MR) is 209 cm³/mol. The molecule has 5 N–H and O–H groups in total. The Morgan fingerprint density at radius 2 is 1.57 bits per heavy atom. The highest BCUT2D eigenvalue weighted by Gasteiger charge is 2.32. The number of aromatic nitrogens is 4. The number of nitrogens with zero attached hydrogens (tertiary/aromatic N) is 4. The standard InChI is InChI=1S/C41H47N7O5S/c1-48-41(45-46-47-48)54-27-33-24-37(30-18-16-28(26-49)17-19-30)53-40(52-33)31-22-20-29(21-23-31)34-11-7-6-10-32(34)25-43-38(50)14-4-2-3-5-15-39(51)44-36-13-9-8-12-35(36)42/h6-13,16-23,33,37,40,49H,2-5,14-15,24-27,42H2,1H3,(H,43,50)(H,44,51). The highest BCUT2D eigenvalue weighted by molar-refractivity contribution is 7.99. The van der Waals surface area contributed by atoms with Crippen LogP contribution in [0.2, 0.25) is 0 Å². The van der Waals surface area contributed by atoms with Crippen molar-refractivity contribution in [2.24, 2.45) is 7.05 Å². The van der Waals surface area contributed by atoms with E-state index < -0.39 is 6.29 Å². The Bertz CT molecular complexity index is 1970. The summed E-state index contributed by atoms with van der Waals surface area (Å²) in [5.74, 6) is 0.606. The molecule has 1 aromatic heterocycles. The Labute approximate surface area is 319 Å². The number of nitrogens with two attached hydrogens (primary N) is 1. The number of benzene rings is 4. The molecular weight excluding hydrogens is 703 g/mol. The fourth-order valence-corrected chi connectivity index (χ4v) is 7.21. The van der Waals surface area contributed by atoms with Crippen molar-refractivity contribution in [1.29, 1.82) is 0 Å². The van der Waals surface area contributed by atoms with Crippen LogP contribution in [-0.2, 0) is 39.3 Å².